The van der Waals surface area contributed by atoms with Gasteiger partial charge in [0.25, 0.3) is 0 Å². The Morgan fingerprint density at radius 2 is 1.20 bits per heavy atom. The Kier molecular flexibility index (Phi) is 21.3. The fourth-order valence-electron chi connectivity index (χ4n) is 17.0. The lowest BCUT2D eigenvalue weighted by Gasteiger charge is -2.65. The van der Waals surface area contributed by atoms with Crippen molar-refractivity contribution in [3.05, 3.63) is 23.3 Å². The van der Waals surface area contributed by atoms with Crippen molar-refractivity contribution in [3.8, 4) is 0 Å². The molecule has 0 bridgehead atoms. The molecule has 0 radical (unpaired) electrons. The van der Waals surface area contributed by atoms with E-state index in [0.717, 1.165) is 44.1 Å². The van der Waals surface area contributed by atoms with Crippen LogP contribution < -0.4 is 0 Å². The van der Waals surface area contributed by atoms with E-state index in [2.05, 4.69) is 40.7 Å². The van der Waals surface area contributed by atoms with Crippen molar-refractivity contribution in [2.45, 2.75) is 280 Å². The molecule has 500 valence electrons. The molecule has 9 rings (SSSR count). The van der Waals surface area contributed by atoms with Gasteiger partial charge < -0.3 is 123 Å². The lowest BCUT2D eigenvalue weighted by atomic mass is 9.41. The van der Waals surface area contributed by atoms with Gasteiger partial charge in [-0.15, -0.1) is 0 Å². The highest BCUT2D eigenvalue weighted by molar-refractivity contribution is 5.66. The third-order valence-corrected chi connectivity index (χ3v) is 22.2. The number of carbonyl (C=O) groups excluding carboxylic acids is 1. The lowest BCUT2D eigenvalue weighted by molar-refractivity contribution is -0.403. The molecule has 26 nitrogen and oxygen atoms in total. The van der Waals surface area contributed by atoms with Crippen molar-refractivity contribution in [2.75, 3.05) is 33.5 Å². The van der Waals surface area contributed by atoms with Gasteiger partial charge in [0.05, 0.1) is 38.6 Å². The number of aliphatic hydroxyl groups is 13. The third kappa shape index (κ3) is 12.7. The summed E-state index contributed by atoms with van der Waals surface area (Å²) in [6.07, 6.45) is -28.9. The Labute approximate surface area is 508 Å². The fourth-order valence-corrected chi connectivity index (χ4v) is 17.0. The number of allylic oxidation sites excluding steroid dienone is 3. The highest BCUT2D eigenvalue weighted by atomic mass is 16.8. The molecular formula is C61H100O26. The largest absolute Gasteiger partial charge is 0.459 e. The van der Waals surface area contributed by atoms with Crippen LogP contribution in [0.4, 0.5) is 0 Å². The van der Waals surface area contributed by atoms with Gasteiger partial charge >= 0.3 is 5.97 Å². The van der Waals surface area contributed by atoms with Crippen molar-refractivity contribution in [1.82, 2.24) is 0 Å². The molecule has 26 heteroatoms. The van der Waals surface area contributed by atoms with Crippen molar-refractivity contribution >= 4 is 5.97 Å². The summed E-state index contributed by atoms with van der Waals surface area (Å²) in [6, 6.07) is 0. The van der Waals surface area contributed by atoms with E-state index in [1.807, 2.05) is 26.8 Å². The molecule has 0 aromatic rings. The smallest absolute Gasteiger partial charge is 0.303 e. The monoisotopic (exact) mass is 1250 g/mol. The van der Waals surface area contributed by atoms with E-state index in [0.29, 0.717) is 12.8 Å². The maximum atomic E-state index is 12.6. The van der Waals surface area contributed by atoms with Crippen molar-refractivity contribution in [2.24, 2.45) is 39.4 Å². The lowest BCUT2D eigenvalue weighted by Crippen LogP contribution is -2.68. The van der Waals surface area contributed by atoms with E-state index in [4.69, 9.17) is 56.8 Å². The maximum Gasteiger partial charge on any atom is 0.303 e. The zero-order chi connectivity index (χ0) is 63.8. The first-order chi connectivity index (χ1) is 40.8. The second kappa shape index (κ2) is 26.8. The van der Waals surface area contributed by atoms with Crippen molar-refractivity contribution < 1.29 is 128 Å². The van der Waals surface area contributed by atoms with Gasteiger partial charge in [-0.1, -0.05) is 57.9 Å². The highest BCUT2D eigenvalue weighted by Gasteiger charge is 2.69. The average Bonchev–Trinajstić information content (AvgIpc) is 1.66. The number of fused-ring (bicyclic) bond motifs is 5. The molecule has 8 fully saturated rings. The molecular weight excluding hydrogens is 1150 g/mol. The first-order valence-electron chi connectivity index (χ1n) is 31.1. The van der Waals surface area contributed by atoms with E-state index in [1.165, 1.54) is 26.5 Å². The zero-order valence-corrected chi connectivity index (χ0v) is 51.9. The average molecular weight is 1250 g/mol. The van der Waals surface area contributed by atoms with Gasteiger partial charge in [0, 0.05) is 20.5 Å². The highest BCUT2D eigenvalue weighted by Crippen LogP contribution is 2.74. The van der Waals surface area contributed by atoms with Crippen LogP contribution in [0.5, 0.6) is 0 Å². The van der Waals surface area contributed by atoms with Crippen LogP contribution in [-0.2, 0) is 61.6 Å². The summed E-state index contributed by atoms with van der Waals surface area (Å²) in [5, 5.41) is 145. The second-order valence-electron chi connectivity index (χ2n) is 27.9. The molecule has 0 aromatic heterocycles. The van der Waals surface area contributed by atoms with Gasteiger partial charge in [0.2, 0.25) is 0 Å². The SMILES string of the molecule is CO[C@@H]1[C@@H](O)[C@H](O[C@@H]2[C@@H](O)[C@H](O[C@H]3[C@H](O)[C@@H](O[C@@H]4OC[C@@H](O)[C@H](O)[C@H]4O)[C@H](O[C@H]4[C@H](O[C@H]5CC[C@]6(C)C7=CC[C@]8(C)[C@@H]([C@@](C)(O)[C@@H](CC=C(C)C)OC(C)=O)CC[C@@]8(C)[C@@H]7CC[C@H]6C5(C)C)OC[C@@H](O)[C@@H]4O)O[C@@H]3C)O[C@H](CO)[C@H]2O)O[C@H](CO)[C@H]1O. The van der Waals surface area contributed by atoms with Crippen LogP contribution in [0.15, 0.2) is 23.3 Å². The van der Waals surface area contributed by atoms with Crippen LogP contribution in [0.3, 0.4) is 0 Å². The fraction of sp³-hybridized carbons (Fsp3) is 0.918. The van der Waals surface area contributed by atoms with E-state index in [9.17, 15) is 71.2 Å². The number of rotatable bonds is 18. The summed E-state index contributed by atoms with van der Waals surface area (Å²) in [4.78, 5) is 12.5. The summed E-state index contributed by atoms with van der Waals surface area (Å²) in [7, 11) is 1.19. The molecule has 3 saturated carbocycles. The topological polar surface area (TPSA) is 391 Å². The molecule has 0 spiro atoms. The van der Waals surface area contributed by atoms with Gasteiger partial charge in [0.1, 0.15) is 115 Å². The number of carbonyl (C=O) groups is 1. The number of methoxy groups -OCH3 is 1. The van der Waals surface area contributed by atoms with Crippen LogP contribution in [0, 0.1) is 39.4 Å². The second-order valence-corrected chi connectivity index (χ2v) is 27.9. The standard InChI is InChI=1S/C61H100O26/c1-26(2)12-15-38(80-28(4)64)61(10,75)36-17-21-59(8)30-13-14-35-57(5,6)37(18-19-58(35,7)29(30)16-20-60(36,59)9)83-55-50(40(68)32(66)25-78-55)87-56-51(86-52-43(71)39(67)31(65)24-77-52)44(72)47(27(3)79-56)84-54-46(74)49(42(70)34(23-63)82-54)85-53-45(73)48(76-11)41(69)33(22-62)81-53/h12,16,27,30-56,62-63,65-75H,13-15,17-25H2,1-11H3/t27-,30-,31-,32-,33-,34-,35+,36+,37+,38-,39+,40+,41-,42-,43-,44+,45-,46-,47-,48+,49+,50-,51-,52+,53+,54+,55+,56+,58-,59+,60-,61-/m1/s1. The maximum absolute atomic E-state index is 12.6. The van der Waals surface area contributed by atoms with Crippen molar-refractivity contribution in [1.29, 1.82) is 0 Å². The molecule has 0 unspecified atom stereocenters. The first-order valence-corrected chi connectivity index (χ1v) is 31.1. The predicted molar refractivity (Wildman–Crippen MR) is 300 cm³/mol. The van der Waals surface area contributed by atoms with Gasteiger partial charge in [-0.2, -0.15) is 0 Å². The Morgan fingerprint density at radius 1 is 0.632 bits per heavy atom. The minimum absolute atomic E-state index is 0.103. The molecule has 9 aliphatic rings. The molecule has 5 heterocycles. The number of hydrogen-bond donors (Lipinski definition) is 13. The summed E-state index contributed by atoms with van der Waals surface area (Å²) in [5.74, 6) is -0.246. The minimum atomic E-state index is -1.99. The van der Waals surface area contributed by atoms with Crippen LogP contribution >= 0.6 is 0 Å². The molecule has 32 atom stereocenters. The van der Waals surface area contributed by atoms with Crippen LogP contribution in [0.1, 0.15) is 121 Å². The molecule has 0 aromatic carbocycles. The Bertz CT molecular complexity index is 2390. The molecule has 0 amide bonds. The quantitative estimate of drug-likeness (QED) is 0.0448. The summed E-state index contributed by atoms with van der Waals surface area (Å²) < 4.78 is 72.5. The van der Waals surface area contributed by atoms with Crippen LogP contribution in [0.2, 0.25) is 0 Å². The number of aliphatic hydroxyl groups excluding tert-OH is 12. The molecule has 87 heavy (non-hydrogen) atoms. The molecule has 13 N–H and O–H groups in total. The van der Waals surface area contributed by atoms with Gasteiger partial charge in [-0.05, 0) is 112 Å². The molecule has 5 aliphatic heterocycles. The van der Waals surface area contributed by atoms with Gasteiger partial charge in [-0.3, -0.25) is 4.79 Å². The van der Waals surface area contributed by atoms with Gasteiger partial charge in [0.15, 0.2) is 31.5 Å². The number of ether oxygens (including phenoxy) is 12. The molecule has 4 aliphatic carbocycles. The van der Waals surface area contributed by atoms with Crippen molar-refractivity contribution in [3.63, 3.8) is 0 Å². The summed E-state index contributed by atoms with van der Waals surface area (Å²) in [5.41, 5.74) is -0.0613. The Hall–Kier alpha value is -2.01. The van der Waals surface area contributed by atoms with Crippen LogP contribution in [-0.4, -0.2) is 265 Å². The normalized spacial score (nSPS) is 50.1. The summed E-state index contributed by atoms with van der Waals surface area (Å²) in [6.45, 7) is 17.6. The van der Waals surface area contributed by atoms with Crippen LogP contribution in [0.25, 0.3) is 0 Å². The zero-order valence-electron chi connectivity index (χ0n) is 51.9. The van der Waals surface area contributed by atoms with E-state index >= 15 is 0 Å². The van der Waals surface area contributed by atoms with E-state index in [-0.39, 0.29) is 40.6 Å². The van der Waals surface area contributed by atoms with Gasteiger partial charge in [-0.25, -0.2) is 0 Å². The minimum Gasteiger partial charge on any atom is -0.459 e. The molecule has 5 saturated heterocycles. The first kappa shape index (κ1) is 69.3. The van der Waals surface area contributed by atoms with E-state index < -0.39 is 190 Å². The number of esters is 1. The Morgan fingerprint density at radius 3 is 1.80 bits per heavy atom. The Balaban J connectivity index is 0.937. The number of hydrogen-bond acceptors (Lipinski definition) is 26. The summed E-state index contributed by atoms with van der Waals surface area (Å²) >= 11 is 0. The van der Waals surface area contributed by atoms with E-state index in [1.54, 1.807) is 0 Å². The third-order valence-electron chi connectivity index (χ3n) is 22.2. The predicted octanol–water partition coefficient (Wildman–Crippen LogP) is -0.928.